The molecule has 2 aromatic rings. The first-order chi connectivity index (χ1) is 20.5. The van der Waals surface area contributed by atoms with Gasteiger partial charge in [0.2, 0.25) is 0 Å². The monoisotopic (exact) mass is 612 g/mol. The fraction of sp³-hybridized carbons (Fsp3) is 0.467. The van der Waals surface area contributed by atoms with Gasteiger partial charge < -0.3 is 33.0 Å². The van der Waals surface area contributed by atoms with Gasteiger partial charge in [-0.15, -0.1) is 0 Å². The number of hydrogen-bond acceptors (Lipinski definition) is 12. The van der Waals surface area contributed by atoms with Crippen molar-refractivity contribution in [1.29, 1.82) is 5.26 Å². The molecular formula is C30H32N2O10S. The first-order valence-corrected chi connectivity index (χ1v) is 14.0. The molecule has 0 spiro atoms. The number of aromatic nitrogens is 1. The summed E-state index contributed by atoms with van der Waals surface area (Å²) >= 11 is 5.90. The van der Waals surface area contributed by atoms with E-state index in [4.69, 9.17) is 40.6 Å². The number of methoxy groups -OCH3 is 1. The van der Waals surface area contributed by atoms with E-state index in [1.54, 1.807) is 23.8 Å². The van der Waals surface area contributed by atoms with Crippen molar-refractivity contribution in [1.82, 2.24) is 4.57 Å². The molecule has 4 rings (SSSR count). The molecule has 0 saturated carbocycles. The molecule has 2 aliphatic rings. The zero-order valence-electron chi connectivity index (χ0n) is 24.4. The maximum atomic E-state index is 12.4. The van der Waals surface area contributed by atoms with Gasteiger partial charge in [0.05, 0.1) is 12.7 Å². The highest BCUT2D eigenvalue weighted by Gasteiger charge is 2.53. The largest absolute Gasteiger partial charge is 0.497 e. The number of rotatable bonds is 8. The molecule has 5 atom stereocenters. The summed E-state index contributed by atoms with van der Waals surface area (Å²) in [7, 11) is 1.56. The Kier molecular flexibility index (Phi) is 9.83. The Morgan fingerprint density at radius 3 is 2.09 bits per heavy atom. The average Bonchev–Trinajstić information content (AvgIpc) is 3.42. The van der Waals surface area contributed by atoms with Gasteiger partial charge in [0.1, 0.15) is 29.2 Å². The van der Waals surface area contributed by atoms with Crippen LogP contribution in [0.4, 0.5) is 0 Å². The molecular weight excluding hydrogens is 580 g/mol. The van der Waals surface area contributed by atoms with Crippen LogP contribution in [0.5, 0.6) is 5.75 Å². The van der Waals surface area contributed by atoms with Gasteiger partial charge in [-0.05, 0) is 42.5 Å². The van der Waals surface area contributed by atoms with Crippen LogP contribution in [0, 0.1) is 16.0 Å². The fourth-order valence-corrected chi connectivity index (χ4v) is 5.99. The van der Waals surface area contributed by atoms with Gasteiger partial charge >= 0.3 is 23.9 Å². The summed E-state index contributed by atoms with van der Waals surface area (Å²) < 4.78 is 35.4. The van der Waals surface area contributed by atoms with Crippen LogP contribution in [0.2, 0.25) is 0 Å². The molecule has 2 heterocycles. The van der Waals surface area contributed by atoms with Crippen molar-refractivity contribution in [2.75, 3.05) is 13.7 Å². The van der Waals surface area contributed by atoms with Crippen molar-refractivity contribution in [3.63, 3.8) is 0 Å². The molecule has 1 aliphatic carbocycles. The lowest BCUT2D eigenvalue weighted by atomic mass is 9.93. The second-order valence-corrected chi connectivity index (χ2v) is 10.5. The molecule has 1 saturated heterocycles. The Hall–Kier alpha value is -4.28. The van der Waals surface area contributed by atoms with E-state index in [1.807, 2.05) is 12.1 Å². The van der Waals surface area contributed by atoms with Crippen molar-refractivity contribution < 1.29 is 47.6 Å². The van der Waals surface area contributed by atoms with E-state index in [2.05, 4.69) is 6.07 Å². The van der Waals surface area contributed by atoms with Crippen LogP contribution in [0.1, 0.15) is 57.2 Å². The van der Waals surface area contributed by atoms with Gasteiger partial charge in [0.15, 0.2) is 24.5 Å². The average molecular weight is 613 g/mol. The van der Waals surface area contributed by atoms with Crippen LogP contribution in [0.15, 0.2) is 24.3 Å². The van der Waals surface area contributed by atoms with E-state index in [9.17, 15) is 24.4 Å². The van der Waals surface area contributed by atoms with E-state index < -0.39 is 54.5 Å². The normalized spacial score (nSPS) is 22.5. The number of hydrogen-bond donors (Lipinski definition) is 0. The van der Waals surface area contributed by atoms with Gasteiger partial charge in [0.25, 0.3) is 0 Å². The minimum Gasteiger partial charge on any atom is -0.497 e. The topological polar surface area (TPSA) is 152 Å². The Labute approximate surface area is 253 Å². The molecule has 13 heteroatoms. The van der Waals surface area contributed by atoms with E-state index in [1.165, 1.54) is 13.8 Å². The molecule has 1 fully saturated rings. The second-order valence-electron chi connectivity index (χ2n) is 10.1. The van der Waals surface area contributed by atoms with E-state index in [0.29, 0.717) is 24.2 Å². The number of nitriles is 1. The molecule has 0 N–H and O–H groups in total. The summed E-state index contributed by atoms with van der Waals surface area (Å²) in [6.45, 7) is 4.30. The Bertz CT molecular complexity index is 1530. The van der Waals surface area contributed by atoms with Gasteiger partial charge in [-0.1, -0.05) is 24.4 Å². The molecule has 5 unspecified atom stereocenters. The lowest BCUT2D eigenvalue weighted by Crippen LogP contribution is -2.60. The standard InChI is InChI=1S/C30H32N2O10S/c1-15(33)38-14-24-26(39-16(2)34)27(40-17(3)35)28(41-18(4)36)29(42-24)32-23-8-6-7-21(23)25(22(13-31)30(32)43)19-9-11-20(37-5)12-10-19/h9-12,24,26-29H,6-8,14H2,1-5H3. The maximum Gasteiger partial charge on any atom is 0.303 e. The van der Waals surface area contributed by atoms with E-state index >= 15 is 0 Å². The third-order valence-electron chi connectivity index (χ3n) is 7.18. The summed E-state index contributed by atoms with van der Waals surface area (Å²) in [5.41, 5.74) is 3.27. The number of carbonyl (C=O) groups excluding carboxylic acids is 4. The van der Waals surface area contributed by atoms with Crippen molar-refractivity contribution in [3.8, 4) is 22.9 Å². The predicted molar refractivity (Wildman–Crippen MR) is 151 cm³/mol. The fourth-order valence-electron chi connectivity index (χ4n) is 5.63. The zero-order chi connectivity index (χ0) is 31.4. The van der Waals surface area contributed by atoms with Crippen molar-refractivity contribution in [2.45, 2.75) is 77.6 Å². The molecule has 1 aromatic heterocycles. The molecule has 228 valence electrons. The number of pyridine rings is 1. The van der Waals surface area contributed by atoms with E-state index in [0.717, 1.165) is 37.1 Å². The number of nitrogens with zero attached hydrogens (tertiary/aromatic N) is 2. The van der Waals surface area contributed by atoms with Gasteiger partial charge in [0, 0.05) is 39.0 Å². The SMILES string of the molecule is COc1ccc(-c2c3c(n(C4OC(COC(C)=O)C(OC(C)=O)C(OC(C)=O)C4OC(C)=O)c(=S)c2C#N)CCC3)cc1. The third kappa shape index (κ3) is 6.71. The number of ether oxygens (including phenoxy) is 6. The van der Waals surface area contributed by atoms with Gasteiger partial charge in [-0.2, -0.15) is 5.26 Å². The third-order valence-corrected chi connectivity index (χ3v) is 7.58. The number of carbonyl (C=O) groups is 4. The van der Waals surface area contributed by atoms with E-state index in [-0.39, 0.29) is 16.8 Å². The lowest BCUT2D eigenvalue weighted by molar-refractivity contribution is -0.269. The Morgan fingerprint density at radius 2 is 1.53 bits per heavy atom. The molecule has 1 aliphatic heterocycles. The summed E-state index contributed by atoms with van der Waals surface area (Å²) in [4.78, 5) is 48.5. The van der Waals surface area contributed by atoms with Crippen LogP contribution < -0.4 is 4.74 Å². The molecule has 0 radical (unpaired) electrons. The minimum atomic E-state index is -1.37. The van der Waals surface area contributed by atoms with Crippen molar-refractivity contribution in [2.24, 2.45) is 0 Å². The second kappa shape index (κ2) is 13.4. The Morgan fingerprint density at radius 1 is 0.930 bits per heavy atom. The summed E-state index contributed by atoms with van der Waals surface area (Å²) in [6.07, 6.45) is -4.49. The number of fused-ring (bicyclic) bond motifs is 1. The quantitative estimate of drug-likeness (QED) is 0.244. The Balaban J connectivity index is 1.96. The number of benzene rings is 1. The summed E-state index contributed by atoms with van der Waals surface area (Å²) in [5, 5.41) is 10.4. The molecule has 43 heavy (non-hydrogen) atoms. The highest BCUT2D eigenvalue weighted by atomic mass is 32.1. The lowest BCUT2D eigenvalue weighted by Gasteiger charge is -2.45. The highest BCUT2D eigenvalue weighted by Crippen LogP contribution is 2.42. The van der Waals surface area contributed by atoms with Gasteiger partial charge in [-0.25, -0.2) is 0 Å². The first-order valence-electron chi connectivity index (χ1n) is 13.6. The van der Waals surface area contributed by atoms with Crippen LogP contribution >= 0.6 is 12.2 Å². The minimum absolute atomic E-state index is 0.106. The van der Waals surface area contributed by atoms with Crippen molar-refractivity contribution in [3.05, 3.63) is 45.7 Å². The molecule has 0 amide bonds. The van der Waals surface area contributed by atoms with Crippen LogP contribution in [0.3, 0.4) is 0 Å². The number of esters is 4. The van der Waals surface area contributed by atoms with Crippen molar-refractivity contribution >= 4 is 36.1 Å². The summed E-state index contributed by atoms with van der Waals surface area (Å²) in [6, 6.07) is 9.52. The van der Waals surface area contributed by atoms with Gasteiger partial charge in [-0.3, -0.25) is 19.2 Å². The molecule has 1 aromatic carbocycles. The van der Waals surface area contributed by atoms with Crippen LogP contribution in [-0.2, 0) is 55.7 Å². The zero-order valence-corrected chi connectivity index (χ0v) is 25.2. The maximum absolute atomic E-state index is 12.4. The molecule has 0 bridgehead atoms. The molecule has 12 nitrogen and oxygen atoms in total. The smallest absolute Gasteiger partial charge is 0.303 e. The first kappa shape index (κ1) is 31.7. The van der Waals surface area contributed by atoms with Crippen LogP contribution in [-0.4, -0.2) is 66.6 Å². The highest BCUT2D eigenvalue weighted by molar-refractivity contribution is 7.71. The summed E-state index contributed by atoms with van der Waals surface area (Å²) in [5.74, 6) is -2.17. The predicted octanol–water partition coefficient (Wildman–Crippen LogP) is 3.51. The van der Waals surface area contributed by atoms with Crippen LogP contribution in [0.25, 0.3) is 11.1 Å².